The minimum atomic E-state index is -0.618. The van der Waals surface area contributed by atoms with E-state index in [-0.39, 0.29) is 6.04 Å². The number of nitrogens with two attached hydrogens (primary N) is 1. The highest BCUT2D eigenvalue weighted by molar-refractivity contribution is 4.98. The zero-order valence-electron chi connectivity index (χ0n) is 11.3. The number of hydrogen-bond acceptors (Lipinski definition) is 3. The van der Waals surface area contributed by atoms with Gasteiger partial charge in [-0.05, 0) is 62.9 Å². The van der Waals surface area contributed by atoms with Crippen LogP contribution in [0.5, 0.6) is 0 Å². The van der Waals surface area contributed by atoms with E-state index in [0.29, 0.717) is 5.92 Å². The van der Waals surface area contributed by atoms with Gasteiger partial charge in [-0.3, -0.25) is 0 Å². The topological polar surface area (TPSA) is 58.3 Å². The Balaban J connectivity index is 2.00. The van der Waals surface area contributed by atoms with Crippen LogP contribution in [0.15, 0.2) is 0 Å². The fourth-order valence-corrected chi connectivity index (χ4v) is 3.93. The van der Waals surface area contributed by atoms with Gasteiger partial charge in [-0.1, -0.05) is 13.8 Å². The van der Waals surface area contributed by atoms with Crippen LogP contribution in [0, 0.1) is 17.8 Å². The third-order valence-electron chi connectivity index (χ3n) is 4.81. The maximum Gasteiger partial charge on any atom is 0.0824 e. The molecule has 1 aliphatic carbocycles. The summed E-state index contributed by atoms with van der Waals surface area (Å²) in [6.45, 7) is 6.45. The Bertz CT molecular complexity index is 241. The first kappa shape index (κ1) is 13.3. The van der Waals surface area contributed by atoms with Crippen LogP contribution in [0.3, 0.4) is 0 Å². The maximum atomic E-state index is 10.7. The van der Waals surface area contributed by atoms with Crippen LogP contribution in [-0.2, 0) is 0 Å². The highest BCUT2D eigenvalue weighted by Crippen LogP contribution is 2.38. The van der Waals surface area contributed by atoms with Crippen LogP contribution in [0.4, 0.5) is 0 Å². The summed E-state index contributed by atoms with van der Waals surface area (Å²) < 4.78 is 0. The summed E-state index contributed by atoms with van der Waals surface area (Å²) in [5.74, 6) is 2.04. The lowest BCUT2D eigenvalue weighted by Gasteiger charge is -2.44. The van der Waals surface area contributed by atoms with E-state index in [0.717, 1.165) is 37.8 Å². The van der Waals surface area contributed by atoms with Gasteiger partial charge in [0.2, 0.25) is 0 Å². The molecule has 3 nitrogen and oxygen atoms in total. The Morgan fingerprint density at radius 3 is 2.18 bits per heavy atom. The third kappa shape index (κ3) is 3.01. The van der Waals surface area contributed by atoms with Gasteiger partial charge < -0.3 is 16.2 Å². The largest absolute Gasteiger partial charge is 0.388 e. The zero-order valence-corrected chi connectivity index (χ0v) is 11.3. The molecule has 2 aliphatic rings. The Labute approximate surface area is 105 Å². The quantitative estimate of drug-likeness (QED) is 0.685. The summed E-state index contributed by atoms with van der Waals surface area (Å²) >= 11 is 0. The van der Waals surface area contributed by atoms with E-state index in [1.54, 1.807) is 0 Å². The molecular formula is C14H28N2O. The molecule has 3 heteroatoms. The second-order valence-corrected chi connectivity index (χ2v) is 6.56. The molecular weight excluding hydrogens is 212 g/mol. The van der Waals surface area contributed by atoms with Crippen molar-refractivity contribution < 1.29 is 5.11 Å². The second kappa shape index (κ2) is 5.25. The van der Waals surface area contributed by atoms with Gasteiger partial charge in [-0.25, -0.2) is 0 Å². The van der Waals surface area contributed by atoms with Gasteiger partial charge in [-0.2, -0.15) is 0 Å². The van der Waals surface area contributed by atoms with Gasteiger partial charge in [0.25, 0.3) is 0 Å². The van der Waals surface area contributed by atoms with E-state index in [2.05, 4.69) is 19.2 Å². The molecule has 3 atom stereocenters. The predicted molar refractivity (Wildman–Crippen MR) is 70.7 cm³/mol. The lowest BCUT2D eigenvalue weighted by Crippen LogP contribution is -2.57. The Hall–Kier alpha value is -0.120. The fraction of sp³-hybridized carbons (Fsp3) is 1.00. The van der Waals surface area contributed by atoms with Crippen molar-refractivity contribution in [1.82, 2.24) is 5.32 Å². The summed E-state index contributed by atoms with van der Waals surface area (Å²) in [4.78, 5) is 0. The van der Waals surface area contributed by atoms with Crippen LogP contribution < -0.4 is 11.1 Å². The standard InChI is InChI=1S/C14H28N2O/c1-10-7-11(2)9-12(8-10)13(15)14(17)3-5-16-6-4-14/h10-13,16-17H,3-9,15H2,1-2H3. The van der Waals surface area contributed by atoms with Gasteiger partial charge >= 0.3 is 0 Å². The molecule has 1 saturated carbocycles. The molecule has 0 bridgehead atoms. The van der Waals surface area contributed by atoms with E-state index >= 15 is 0 Å². The second-order valence-electron chi connectivity index (χ2n) is 6.56. The van der Waals surface area contributed by atoms with Crippen molar-refractivity contribution in [1.29, 1.82) is 0 Å². The molecule has 1 aliphatic heterocycles. The van der Waals surface area contributed by atoms with E-state index in [1.807, 2.05) is 0 Å². The maximum absolute atomic E-state index is 10.7. The molecule has 0 spiro atoms. The van der Waals surface area contributed by atoms with Crippen molar-refractivity contribution in [2.45, 2.75) is 57.6 Å². The molecule has 4 N–H and O–H groups in total. The molecule has 0 aromatic carbocycles. The SMILES string of the molecule is CC1CC(C)CC(C(N)C2(O)CCNCC2)C1. The first-order valence-corrected chi connectivity index (χ1v) is 7.20. The summed E-state index contributed by atoms with van der Waals surface area (Å²) in [6, 6.07) is -0.0326. The van der Waals surface area contributed by atoms with Crippen molar-refractivity contribution in [3.8, 4) is 0 Å². The molecule has 3 unspecified atom stereocenters. The van der Waals surface area contributed by atoms with Gasteiger partial charge in [0.15, 0.2) is 0 Å². The molecule has 1 heterocycles. The number of rotatable bonds is 2. The molecule has 2 fully saturated rings. The van der Waals surface area contributed by atoms with Crippen LogP contribution in [-0.4, -0.2) is 29.8 Å². The van der Waals surface area contributed by atoms with Crippen molar-refractivity contribution in [2.24, 2.45) is 23.5 Å². The Kier molecular flexibility index (Phi) is 4.11. The Morgan fingerprint density at radius 2 is 1.65 bits per heavy atom. The zero-order chi connectivity index (χ0) is 12.5. The molecule has 1 saturated heterocycles. The average Bonchev–Trinajstić information content (AvgIpc) is 2.27. The van der Waals surface area contributed by atoms with Gasteiger partial charge in [0.1, 0.15) is 0 Å². The minimum absolute atomic E-state index is 0.0326. The van der Waals surface area contributed by atoms with E-state index < -0.39 is 5.60 Å². The highest BCUT2D eigenvalue weighted by atomic mass is 16.3. The smallest absolute Gasteiger partial charge is 0.0824 e. The number of piperidine rings is 1. The van der Waals surface area contributed by atoms with Crippen molar-refractivity contribution >= 4 is 0 Å². The fourth-order valence-electron chi connectivity index (χ4n) is 3.93. The van der Waals surface area contributed by atoms with Crippen LogP contribution in [0.2, 0.25) is 0 Å². The molecule has 0 aromatic heterocycles. The molecule has 0 amide bonds. The van der Waals surface area contributed by atoms with E-state index in [1.165, 1.54) is 19.3 Å². The lowest BCUT2D eigenvalue weighted by atomic mass is 9.68. The minimum Gasteiger partial charge on any atom is -0.388 e. The molecule has 17 heavy (non-hydrogen) atoms. The van der Waals surface area contributed by atoms with Gasteiger partial charge in [0.05, 0.1) is 5.60 Å². The lowest BCUT2D eigenvalue weighted by molar-refractivity contribution is -0.0406. The predicted octanol–water partition coefficient (Wildman–Crippen LogP) is 1.50. The van der Waals surface area contributed by atoms with Crippen molar-refractivity contribution in [3.05, 3.63) is 0 Å². The normalized spacial score (nSPS) is 39.9. The van der Waals surface area contributed by atoms with Crippen molar-refractivity contribution in [3.63, 3.8) is 0 Å². The van der Waals surface area contributed by atoms with Gasteiger partial charge in [-0.15, -0.1) is 0 Å². The average molecular weight is 240 g/mol. The van der Waals surface area contributed by atoms with E-state index in [4.69, 9.17) is 5.73 Å². The molecule has 0 aromatic rings. The Morgan fingerprint density at radius 1 is 1.12 bits per heavy atom. The van der Waals surface area contributed by atoms with Gasteiger partial charge in [0, 0.05) is 6.04 Å². The number of nitrogens with one attached hydrogen (secondary N) is 1. The van der Waals surface area contributed by atoms with Crippen LogP contribution >= 0.6 is 0 Å². The first-order chi connectivity index (χ1) is 8.01. The van der Waals surface area contributed by atoms with Crippen LogP contribution in [0.1, 0.15) is 46.0 Å². The molecule has 100 valence electrons. The first-order valence-electron chi connectivity index (χ1n) is 7.20. The van der Waals surface area contributed by atoms with Crippen molar-refractivity contribution in [2.75, 3.05) is 13.1 Å². The highest BCUT2D eigenvalue weighted by Gasteiger charge is 2.41. The summed E-state index contributed by atoms with van der Waals surface area (Å²) in [6.07, 6.45) is 5.34. The monoisotopic (exact) mass is 240 g/mol. The summed E-state index contributed by atoms with van der Waals surface area (Å²) in [5.41, 5.74) is 5.79. The van der Waals surface area contributed by atoms with Crippen LogP contribution in [0.25, 0.3) is 0 Å². The molecule has 2 rings (SSSR count). The number of hydrogen-bond donors (Lipinski definition) is 3. The summed E-state index contributed by atoms with van der Waals surface area (Å²) in [5, 5.41) is 14.0. The van der Waals surface area contributed by atoms with E-state index in [9.17, 15) is 5.11 Å². The summed E-state index contributed by atoms with van der Waals surface area (Å²) in [7, 11) is 0. The number of aliphatic hydroxyl groups is 1. The molecule has 0 radical (unpaired) electrons. The third-order valence-corrected chi connectivity index (χ3v) is 4.81.